The summed E-state index contributed by atoms with van der Waals surface area (Å²) in [5.74, 6) is 0.502. The van der Waals surface area contributed by atoms with Crippen LogP contribution in [0.25, 0.3) is 10.2 Å². The first-order valence-electron chi connectivity index (χ1n) is 10.7. The zero-order chi connectivity index (χ0) is 23.2. The first kappa shape index (κ1) is 22.5. The van der Waals surface area contributed by atoms with Gasteiger partial charge in [0.05, 0.1) is 16.3 Å². The molecular weight excluding hydrogens is 481 g/mol. The number of thiazole rings is 1. The number of carbonyl (C=O) groups is 1. The molecule has 2 heterocycles. The van der Waals surface area contributed by atoms with Crippen molar-refractivity contribution in [3.8, 4) is 0 Å². The van der Waals surface area contributed by atoms with Crippen molar-refractivity contribution >= 4 is 44.2 Å². The Morgan fingerprint density at radius 1 is 1.12 bits per heavy atom. The molecule has 176 valence electrons. The number of nitrogens with one attached hydrogen (secondary N) is 1. The molecule has 1 aromatic carbocycles. The smallest absolute Gasteiger partial charge is 0.425 e. The fraction of sp³-hybridized carbons (Fsp3) is 0.524. The SMILES string of the molecule is O=C(Nc1nc2cc(Cl)ccc2s1)[C@H]1CC[C@H](c2nnc([C@H]3C[C@@H](OC(F)(F)F)C3)o2)CC1. The molecule has 2 fully saturated rings. The van der Waals surface area contributed by atoms with Crippen LogP contribution < -0.4 is 5.32 Å². The molecule has 2 aliphatic rings. The number of carbonyl (C=O) groups excluding carboxylic acids is 1. The zero-order valence-corrected chi connectivity index (χ0v) is 18.8. The zero-order valence-electron chi connectivity index (χ0n) is 17.3. The van der Waals surface area contributed by atoms with Crippen LogP contribution in [0.3, 0.4) is 0 Å². The summed E-state index contributed by atoms with van der Waals surface area (Å²) in [6.07, 6.45) is -2.25. The van der Waals surface area contributed by atoms with E-state index in [1.54, 1.807) is 12.1 Å². The minimum atomic E-state index is -4.62. The van der Waals surface area contributed by atoms with E-state index in [9.17, 15) is 18.0 Å². The third-order valence-corrected chi connectivity index (χ3v) is 7.41. The Balaban J connectivity index is 1.12. The molecule has 0 radical (unpaired) electrons. The lowest BCUT2D eigenvalue weighted by Gasteiger charge is -2.32. The van der Waals surface area contributed by atoms with E-state index in [1.807, 2.05) is 6.07 Å². The molecule has 2 saturated carbocycles. The summed E-state index contributed by atoms with van der Waals surface area (Å²) in [6.45, 7) is 0. The molecule has 12 heteroatoms. The van der Waals surface area contributed by atoms with Crippen molar-refractivity contribution in [2.75, 3.05) is 5.32 Å². The molecule has 1 N–H and O–H groups in total. The number of alkyl halides is 3. The molecule has 0 saturated heterocycles. The molecule has 1 amide bonds. The van der Waals surface area contributed by atoms with Gasteiger partial charge < -0.3 is 9.73 Å². The lowest BCUT2D eigenvalue weighted by atomic mass is 9.81. The van der Waals surface area contributed by atoms with Crippen LogP contribution in [0.1, 0.15) is 62.1 Å². The number of rotatable bonds is 5. The molecule has 33 heavy (non-hydrogen) atoms. The van der Waals surface area contributed by atoms with E-state index in [2.05, 4.69) is 25.2 Å². The van der Waals surface area contributed by atoms with Gasteiger partial charge in [-0.15, -0.1) is 23.4 Å². The van der Waals surface area contributed by atoms with Crippen molar-refractivity contribution in [3.05, 3.63) is 35.0 Å². The third kappa shape index (κ3) is 5.15. The second-order valence-corrected chi connectivity index (χ2v) is 9.97. The maximum Gasteiger partial charge on any atom is 0.522 e. The van der Waals surface area contributed by atoms with Gasteiger partial charge in [0, 0.05) is 22.8 Å². The number of benzene rings is 1. The van der Waals surface area contributed by atoms with Crippen molar-refractivity contribution in [2.24, 2.45) is 5.92 Å². The van der Waals surface area contributed by atoms with E-state index in [1.165, 1.54) is 11.3 Å². The summed E-state index contributed by atoms with van der Waals surface area (Å²) in [4.78, 5) is 17.1. The predicted molar refractivity (Wildman–Crippen MR) is 115 cm³/mol. The number of aromatic nitrogens is 3. The van der Waals surface area contributed by atoms with Gasteiger partial charge in [-0.3, -0.25) is 9.53 Å². The fourth-order valence-electron chi connectivity index (χ4n) is 4.39. The van der Waals surface area contributed by atoms with Gasteiger partial charge in [0.1, 0.15) is 0 Å². The summed E-state index contributed by atoms with van der Waals surface area (Å²) in [6, 6.07) is 5.43. The third-order valence-electron chi connectivity index (χ3n) is 6.23. The predicted octanol–water partition coefficient (Wildman–Crippen LogP) is 6.03. The Hall–Kier alpha value is -2.24. The Morgan fingerprint density at radius 2 is 1.82 bits per heavy atom. The van der Waals surface area contributed by atoms with Crippen LogP contribution in [0.2, 0.25) is 5.02 Å². The molecule has 5 rings (SSSR count). The first-order valence-corrected chi connectivity index (χ1v) is 11.9. The van der Waals surface area contributed by atoms with Crippen LogP contribution >= 0.6 is 22.9 Å². The Morgan fingerprint density at radius 3 is 2.52 bits per heavy atom. The quantitative estimate of drug-likeness (QED) is 0.460. The maximum atomic E-state index is 12.7. The van der Waals surface area contributed by atoms with Crippen molar-refractivity contribution in [2.45, 2.75) is 62.8 Å². The van der Waals surface area contributed by atoms with Gasteiger partial charge in [-0.25, -0.2) is 4.98 Å². The minimum Gasteiger partial charge on any atom is -0.425 e. The van der Waals surface area contributed by atoms with Crippen LogP contribution in [0.5, 0.6) is 0 Å². The number of hydrogen-bond acceptors (Lipinski definition) is 7. The average Bonchev–Trinajstić information content (AvgIpc) is 3.36. The molecule has 2 aromatic heterocycles. The van der Waals surface area contributed by atoms with Gasteiger partial charge in [0.25, 0.3) is 0 Å². The van der Waals surface area contributed by atoms with Crippen molar-refractivity contribution < 1.29 is 27.1 Å². The van der Waals surface area contributed by atoms with Gasteiger partial charge in [-0.1, -0.05) is 22.9 Å². The van der Waals surface area contributed by atoms with Gasteiger partial charge in [0.2, 0.25) is 17.7 Å². The van der Waals surface area contributed by atoms with Crippen LogP contribution in [0.15, 0.2) is 22.6 Å². The molecule has 0 spiro atoms. The second kappa shape index (κ2) is 8.84. The van der Waals surface area contributed by atoms with E-state index < -0.39 is 12.5 Å². The maximum absolute atomic E-state index is 12.7. The van der Waals surface area contributed by atoms with Crippen LogP contribution in [-0.4, -0.2) is 33.6 Å². The summed E-state index contributed by atoms with van der Waals surface area (Å²) < 4.78 is 47.5. The lowest BCUT2D eigenvalue weighted by Crippen LogP contribution is -2.34. The highest BCUT2D eigenvalue weighted by atomic mass is 35.5. The number of amides is 1. The highest BCUT2D eigenvalue weighted by Gasteiger charge is 2.42. The second-order valence-electron chi connectivity index (χ2n) is 8.50. The molecule has 7 nitrogen and oxygen atoms in total. The number of anilines is 1. The highest BCUT2D eigenvalue weighted by Crippen LogP contribution is 2.42. The fourth-order valence-corrected chi connectivity index (χ4v) is 5.41. The molecule has 2 aliphatic carbocycles. The van der Waals surface area contributed by atoms with Crippen molar-refractivity contribution in [1.29, 1.82) is 0 Å². The van der Waals surface area contributed by atoms with E-state index in [4.69, 9.17) is 16.0 Å². The first-order chi connectivity index (χ1) is 15.7. The Labute approximate surface area is 195 Å². The molecule has 3 aromatic rings. The van der Waals surface area contributed by atoms with Crippen molar-refractivity contribution in [1.82, 2.24) is 15.2 Å². The van der Waals surface area contributed by atoms with E-state index in [0.717, 1.165) is 23.1 Å². The largest absolute Gasteiger partial charge is 0.522 e. The molecule has 0 aliphatic heterocycles. The summed E-state index contributed by atoms with van der Waals surface area (Å²) in [5.41, 5.74) is 0.751. The van der Waals surface area contributed by atoms with E-state index in [-0.39, 0.29) is 36.5 Å². The van der Waals surface area contributed by atoms with Gasteiger partial charge in [-0.05, 0) is 56.7 Å². The molecule has 0 atom stereocenters. The average molecular weight is 501 g/mol. The van der Waals surface area contributed by atoms with E-state index >= 15 is 0 Å². The topological polar surface area (TPSA) is 90.1 Å². The molecule has 0 bridgehead atoms. The molecule has 0 unspecified atom stereocenters. The number of nitrogens with zero attached hydrogens (tertiary/aromatic N) is 3. The lowest BCUT2D eigenvalue weighted by molar-refractivity contribution is -0.352. The summed E-state index contributed by atoms with van der Waals surface area (Å²) in [5, 5.41) is 12.2. The number of fused-ring (bicyclic) bond motifs is 1. The van der Waals surface area contributed by atoms with Gasteiger partial charge in [-0.2, -0.15) is 0 Å². The number of halogens is 4. The minimum absolute atomic E-state index is 0.0437. The normalized spacial score (nSPS) is 25.7. The van der Waals surface area contributed by atoms with E-state index in [0.29, 0.717) is 34.8 Å². The number of ether oxygens (including phenoxy) is 1. The Bertz CT molecular complexity index is 1150. The van der Waals surface area contributed by atoms with Gasteiger partial charge in [0.15, 0.2) is 5.13 Å². The molecular formula is C21H20ClF3N4O3S. The summed E-state index contributed by atoms with van der Waals surface area (Å²) >= 11 is 7.40. The summed E-state index contributed by atoms with van der Waals surface area (Å²) in [7, 11) is 0. The van der Waals surface area contributed by atoms with Crippen LogP contribution in [0, 0.1) is 5.92 Å². The van der Waals surface area contributed by atoms with Crippen molar-refractivity contribution in [3.63, 3.8) is 0 Å². The van der Waals surface area contributed by atoms with Crippen LogP contribution in [-0.2, 0) is 9.53 Å². The van der Waals surface area contributed by atoms with Crippen LogP contribution in [0.4, 0.5) is 18.3 Å². The monoisotopic (exact) mass is 500 g/mol. The van der Waals surface area contributed by atoms with Gasteiger partial charge >= 0.3 is 6.36 Å². The Kier molecular flexibility index (Phi) is 6.04. The highest BCUT2D eigenvalue weighted by molar-refractivity contribution is 7.22. The number of hydrogen-bond donors (Lipinski definition) is 1. The standard InChI is InChI=1S/C21H20ClF3N4O3S/c22-13-5-6-16-15(9-13)26-20(33-16)27-17(30)10-1-3-11(4-2-10)18-28-29-19(31-18)12-7-14(8-12)32-21(23,24)25/h5-6,9-12,14H,1-4,7-8H2,(H,26,27,30)/t10-,11-,12-,14+.